The van der Waals surface area contributed by atoms with Crippen LogP contribution in [0.4, 0.5) is 18.9 Å². The second-order valence-electron chi connectivity index (χ2n) is 8.69. The van der Waals surface area contributed by atoms with E-state index in [1.807, 2.05) is 11.8 Å². The van der Waals surface area contributed by atoms with Gasteiger partial charge < -0.3 is 19.5 Å². The number of carbonyl (C=O) groups excluding carboxylic acids is 1. The van der Waals surface area contributed by atoms with E-state index in [1.54, 1.807) is 6.07 Å². The predicted molar refractivity (Wildman–Crippen MR) is 124 cm³/mol. The number of benzene rings is 1. The molecule has 2 heterocycles. The van der Waals surface area contributed by atoms with Gasteiger partial charge in [-0.2, -0.15) is 13.2 Å². The Balaban J connectivity index is 1.50. The SMILES string of the molecule is C[C@H](Sc1nnc(CNc2cccc(C(F)(F)F)c2)n1C1CCCCC1)C(=O)N1CCOCC1. The molecule has 1 aromatic heterocycles. The minimum absolute atomic E-state index is 0.0511. The van der Waals surface area contributed by atoms with Gasteiger partial charge >= 0.3 is 6.18 Å². The van der Waals surface area contributed by atoms with Crippen LogP contribution in [0.3, 0.4) is 0 Å². The third-order valence-corrected chi connectivity index (χ3v) is 7.31. The minimum Gasteiger partial charge on any atom is -0.378 e. The number of anilines is 1. The Labute approximate surface area is 201 Å². The fraction of sp³-hybridized carbons (Fsp3) is 0.609. The van der Waals surface area contributed by atoms with Gasteiger partial charge in [-0.15, -0.1) is 10.2 Å². The molecule has 0 bridgehead atoms. The summed E-state index contributed by atoms with van der Waals surface area (Å²) in [5.74, 6) is 0.716. The first-order chi connectivity index (χ1) is 16.3. The molecule has 7 nitrogen and oxygen atoms in total. The van der Waals surface area contributed by atoms with Gasteiger partial charge in [0.2, 0.25) is 5.91 Å². The van der Waals surface area contributed by atoms with Crippen LogP contribution >= 0.6 is 11.8 Å². The van der Waals surface area contributed by atoms with E-state index in [-0.39, 0.29) is 23.7 Å². The Kier molecular flexibility index (Phi) is 8.02. The van der Waals surface area contributed by atoms with Crippen LogP contribution in [-0.2, 0) is 22.3 Å². The molecule has 1 N–H and O–H groups in total. The summed E-state index contributed by atoms with van der Waals surface area (Å²) in [6, 6.07) is 5.36. The highest BCUT2D eigenvalue weighted by atomic mass is 32.2. The number of aromatic nitrogens is 3. The quantitative estimate of drug-likeness (QED) is 0.557. The summed E-state index contributed by atoms with van der Waals surface area (Å²) in [4.78, 5) is 14.7. The van der Waals surface area contributed by atoms with Crippen LogP contribution in [0.1, 0.15) is 56.5 Å². The standard InChI is InChI=1S/C23H30F3N5O2S/c1-16(21(32)30-10-12-33-13-11-30)34-22-29-28-20(31(22)19-8-3-2-4-9-19)15-27-18-7-5-6-17(14-18)23(24,25)26/h5-7,14,16,19,27H,2-4,8-13,15H2,1H3/t16-/m0/s1. The molecule has 0 radical (unpaired) electrons. The van der Waals surface area contributed by atoms with Crippen molar-refractivity contribution in [2.75, 3.05) is 31.6 Å². The maximum absolute atomic E-state index is 13.1. The van der Waals surface area contributed by atoms with Gasteiger partial charge in [0.05, 0.1) is 30.6 Å². The molecule has 186 valence electrons. The van der Waals surface area contributed by atoms with Crippen LogP contribution in [0.15, 0.2) is 29.4 Å². The number of thioether (sulfide) groups is 1. The lowest BCUT2D eigenvalue weighted by Gasteiger charge is -2.29. The molecule has 11 heteroatoms. The van der Waals surface area contributed by atoms with Crippen LogP contribution in [0.2, 0.25) is 0 Å². The molecular formula is C23H30F3N5O2S. The molecule has 0 unspecified atom stereocenters. The summed E-state index contributed by atoms with van der Waals surface area (Å²) in [5, 5.41) is 12.2. The highest BCUT2D eigenvalue weighted by molar-refractivity contribution is 8.00. The van der Waals surface area contributed by atoms with Crippen molar-refractivity contribution in [3.8, 4) is 0 Å². The number of nitrogens with zero attached hydrogens (tertiary/aromatic N) is 4. The van der Waals surface area contributed by atoms with Gasteiger partial charge in [0.25, 0.3) is 0 Å². The maximum atomic E-state index is 13.1. The normalized spacial score (nSPS) is 18.6. The third-order valence-electron chi connectivity index (χ3n) is 6.27. The Hall–Kier alpha value is -2.27. The summed E-state index contributed by atoms with van der Waals surface area (Å²) in [5.41, 5.74) is -0.323. The summed E-state index contributed by atoms with van der Waals surface area (Å²) in [7, 11) is 0. The zero-order valence-corrected chi connectivity index (χ0v) is 20.0. The number of amides is 1. The molecule has 34 heavy (non-hydrogen) atoms. The number of ether oxygens (including phenoxy) is 1. The Morgan fingerprint density at radius 1 is 1.21 bits per heavy atom. The number of alkyl halides is 3. The molecule has 2 aromatic rings. The summed E-state index contributed by atoms with van der Waals surface area (Å²) < 4.78 is 46.6. The van der Waals surface area contributed by atoms with E-state index >= 15 is 0 Å². The van der Waals surface area contributed by atoms with Crippen molar-refractivity contribution in [1.82, 2.24) is 19.7 Å². The first-order valence-electron chi connectivity index (χ1n) is 11.7. The van der Waals surface area contributed by atoms with Crippen molar-refractivity contribution in [3.63, 3.8) is 0 Å². The highest BCUT2D eigenvalue weighted by Crippen LogP contribution is 2.35. The van der Waals surface area contributed by atoms with E-state index in [9.17, 15) is 18.0 Å². The zero-order valence-electron chi connectivity index (χ0n) is 19.2. The van der Waals surface area contributed by atoms with Gasteiger partial charge in [-0.1, -0.05) is 37.1 Å². The van der Waals surface area contributed by atoms with Crippen molar-refractivity contribution in [1.29, 1.82) is 0 Å². The van der Waals surface area contributed by atoms with E-state index in [4.69, 9.17) is 4.74 Å². The van der Waals surface area contributed by atoms with Gasteiger partial charge in [-0.05, 0) is 38.0 Å². The monoisotopic (exact) mass is 497 g/mol. The molecule has 2 fully saturated rings. The molecule has 1 saturated heterocycles. The molecule has 1 aliphatic heterocycles. The Morgan fingerprint density at radius 2 is 1.94 bits per heavy atom. The van der Waals surface area contributed by atoms with Crippen LogP contribution in [0, 0.1) is 0 Å². The fourth-order valence-electron chi connectivity index (χ4n) is 4.45. The zero-order chi connectivity index (χ0) is 24.1. The number of nitrogens with one attached hydrogen (secondary N) is 1. The summed E-state index contributed by atoms with van der Waals surface area (Å²) >= 11 is 1.39. The van der Waals surface area contributed by atoms with E-state index in [0.717, 1.165) is 37.8 Å². The Bertz CT molecular complexity index is 972. The Morgan fingerprint density at radius 3 is 2.65 bits per heavy atom. The summed E-state index contributed by atoms with van der Waals surface area (Å²) in [6.45, 7) is 4.40. The van der Waals surface area contributed by atoms with Crippen molar-refractivity contribution in [3.05, 3.63) is 35.7 Å². The molecule has 2 aliphatic rings. The lowest BCUT2D eigenvalue weighted by atomic mass is 9.95. The molecule has 1 aromatic carbocycles. The van der Waals surface area contributed by atoms with Gasteiger partial charge in [0.15, 0.2) is 11.0 Å². The second kappa shape index (κ2) is 11.0. The highest BCUT2D eigenvalue weighted by Gasteiger charge is 2.31. The van der Waals surface area contributed by atoms with Crippen LogP contribution in [0.25, 0.3) is 0 Å². The smallest absolute Gasteiger partial charge is 0.378 e. The number of hydrogen-bond donors (Lipinski definition) is 1. The number of rotatable bonds is 7. The van der Waals surface area contributed by atoms with Crippen molar-refractivity contribution in [2.45, 2.75) is 68.2 Å². The van der Waals surface area contributed by atoms with Crippen molar-refractivity contribution < 1.29 is 22.7 Å². The third kappa shape index (κ3) is 6.04. The topological polar surface area (TPSA) is 72.3 Å². The molecular weight excluding hydrogens is 467 g/mol. The number of carbonyl (C=O) groups is 1. The molecule has 1 amide bonds. The van der Waals surface area contributed by atoms with Gasteiger partial charge in [-0.3, -0.25) is 4.79 Å². The average Bonchev–Trinajstić information content (AvgIpc) is 3.25. The van der Waals surface area contributed by atoms with E-state index in [0.29, 0.717) is 43.0 Å². The van der Waals surface area contributed by atoms with E-state index < -0.39 is 11.7 Å². The summed E-state index contributed by atoms with van der Waals surface area (Å²) in [6.07, 6.45) is 0.991. The van der Waals surface area contributed by atoms with Crippen LogP contribution < -0.4 is 5.32 Å². The van der Waals surface area contributed by atoms with Crippen molar-refractivity contribution in [2.24, 2.45) is 0 Å². The fourth-order valence-corrected chi connectivity index (χ4v) is 5.47. The van der Waals surface area contributed by atoms with E-state index in [1.165, 1.54) is 24.2 Å². The number of hydrogen-bond acceptors (Lipinski definition) is 6. The van der Waals surface area contributed by atoms with E-state index in [2.05, 4.69) is 20.1 Å². The molecule has 1 aliphatic carbocycles. The largest absolute Gasteiger partial charge is 0.416 e. The van der Waals surface area contributed by atoms with Gasteiger partial charge in [-0.25, -0.2) is 0 Å². The first-order valence-corrected chi connectivity index (χ1v) is 12.6. The molecule has 1 atom stereocenters. The molecule has 4 rings (SSSR count). The first kappa shape index (κ1) is 24.8. The molecule has 1 saturated carbocycles. The number of halogens is 3. The van der Waals surface area contributed by atoms with Gasteiger partial charge in [0, 0.05) is 24.8 Å². The number of morpholine rings is 1. The second-order valence-corrected chi connectivity index (χ2v) is 10.00. The average molecular weight is 498 g/mol. The predicted octanol–water partition coefficient (Wildman–Crippen LogP) is 4.75. The minimum atomic E-state index is -4.40. The lowest BCUT2D eigenvalue weighted by molar-refractivity contribution is -0.137. The lowest BCUT2D eigenvalue weighted by Crippen LogP contribution is -2.44. The van der Waals surface area contributed by atoms with Crippen LogP contribution in [-0.4, -0.2) is 57.1 Å². The van der Waals surface area contributed by atoms with Gasteiger partial charge in [0.1, 0.15) is 0 Å². The van der Waals surface area contributed by atoms with Crippen molar-refractivity contribution >= 4 is 23.4 Å². The maximum Gasteiger partial charge on any atom is 0.416 e. The van der Waals surface area contributed by atoms with Crippen LogP contribution in [0.5, 0.6) is 0 Å². The molecule has 0 spiro atoms.